The zero-order valence-electron chi connectivity index (χ0n) is 17.5. The van der Waals surface area contributed by atoms with Crippen LogP contribution in [0.3, 0.4) is 0 Å². The van der Waals surface area contributed by atoms with E-state index >= 15 is 0 Å². The Morgan fingerprint density at radius 1 is 0.903 bits per heavy atom. The SMILES string of the molecule is COc1ccc(CNC(=O)c2ccc(NS(=O)(=O)c3ccccc3)c(C)c2)cc1OC. The van der Waals surface area contributed by atoms with Gasteiger partial charge in [0.1, 0.15) is 0 Å². The summed E-state index contributed by atoms with van der Waals surface area (Å²) in [5.74, 6) is 0.928. The van der Waals surface area contributed by atoms with E-state index < -0.39 is 10.0 Å². The first-order valence-electron chi connectivity index (χ1n) is 9.51. The summed E-state index contributed by atoms with van der Waals surface area (Å²) in [6, 6.07) is 18.3. The maximum absolute atomic E-state index is 12.6. The minimum Gasteiger partial charge on any atom is -0.493 e. The summed E-state index contributed by atoms with van der Waals surface area (Å²) in [5, 5.41) is 2.85. The van der Waals surface area contributed by atoms with Crippen molar-refractivity contribution >= 4 is 21.6 Å². The number of nitrogens with one attached hydrogen (secondary N) is 2. The van der Waals surface area contributed by atoms with Gasteiger partial charge in [0.25, 0.3) is 15.9 Å². The molecule has 1 amide bonds. The van der Waals surface area contributed by atoms with E-state index in [1.165, 1.54) is 12.1 Å². The number of ether oxygens (including phenoxy) is 2. The molecule has 0 heterocycles. The lowest BCUT2D eigenvalue weighted by molar-refractivity contribution is 0.0951. The Morgan fingerprint density at radius 2 is 1.61 bits per heavy atom. The quantitative estimate of drug-likeness (QED) is 0.557. The van der Waals surface area contributed by atoms with Gasteiger partial charge in [0.2, 0.25) is 0 Å². The average Bonchev–Trinajstić information content (AvgIpc) is 2.79. The second-order valence-corrected chi connectivity index (χ2v) is 8.50. The Balaban J connectivity index is 1.69. The number of methoxy groups -OCH3 is 2. The number of sulfonamides is 1. The first-order chi connectivity index (χ1) is 14.8. The van der Waals surface area contributed by atoms with Crippen molar-refractivity contribution in [2.75, 3.05) is 18.9 Å². The molecule has 0 unspecified atom stereocenters. The normalized spacial score (nSPS) is 10.9. The van der Waals surface area contributed by atoms with Crippen LogP contribution in [0.25, 0.3) is 0 Å². The Labute approximate surface area is 182 Å². The maximum atomic E-state index is 12.6. The highest BCUT2D eigenvalue weighted by molar-refractivity contribution is 7.92. The number of aryl methyl sites for hydroxylation is 1. The fourth-order valence-electron chi connectivity index (χ4n) is 3.00. The van der Waals surface area contributed by atoms with E-state index in [1.54, 1.807) is 69.7 Å². The number of hydrogen-bond acceptors (Lipinski definition) is 5. The van der Waals surface area contributed by atoms with Gasteiger partial charge in [-0.2, -0.15) is 0 Å². The summed E-state index contributed by atoms with van der Waals surface area (Å²) in [6.45, 7) is 2.05. The fourth-order valence-corrected chi connectivity index (χ4v) is 4.15. The van der Waals surface area contributed by atoms with Gasteiger partial charge < -0.3 is 14.8 Å². The minimum absolute atomic E-state index is 0.172. The standard InChI is InChI=1S/C23H24N2O5S/c1-16-13-18(10-11-20(16)25-31(27,28)19-7-5-4-6-8-19)23(26)24-15-17-9-12-21(29-2)22(14-17)30-3/h4-14,25H,15H2,1-3H3,(H,24,26). The molecule has 0 fully saturated rings. The fraction of sp³-hybridized carbons (Fsp3) is 0.174. The molecule has 0 saturated carbocycles. The molecule has 0 atom stereocenters. The molecule has 0 aliphatic heterocycles. The number of amides is 1. The summed E-state index contributed by atoms with van der Waals surface area (Å²) >= 11 is 0. The van der Waals surface area contributed by atoms with E-state index in [9.17, 15) is 13.2 Å². The lowest BCUT2D eigenvalue weighted by Crippen LogP contribution is -2.23. The molecule has 0 aliphatic carbocycles. The van der Waals surface area contributed by atoms with Crippen LogP contribution in [0.4, 0.5) is 5.69 Å². The molecule has 3 rings (SSSR count). The lowest BCUT2D eigenvalue weighted by Gasteiger charge is -2.13. The zero-order chi connectivity index (χ0) is 22.4. The third-order valence-electron chi connectivity index (χ3n) is 4.69. The van der Waals surface area contributed by atoms with Gasteiger partial charge in [-0.15, -0.1) is 0 Å². The highest BCUT2D eigenvalue weighted by Crippen LogP contribution is 2.27. The van der Waals surface area contributed by atoms with Gasteiger partial charge in [-0.3, -0.25) is 9.52 Å². The van der Waals surface area contributed by atoms with Crippen molar-refractivity contribution in [3.05, 3.63) is 83.4 Å². The van der Waals surface area contributed by atoms with Gasteiger partial charge in [0, 0.05) is 12.1 Å². The van der Waals surface area contributed by atoms with Crippen LogP contribution in [0.15, 0.2) is 71.6 Å². The number of anilines is 1. The lowest BCUT2D eigenvalue weighted by atomic mass is 10.1. The predicted octanol–water partition coefficient (Wildman–Crippen LogP) is 3.74. The predicted molar refractivity (Wildman–Crippen MR) is 119 cm³/mol. The van der Waals surface area contributed by atoms with Crippen LogP contribution >= 0.6 is 0 Å². The van der Waals surface area contributed by atoms with Crippen LogP contribution in [0, 0.1) is 6.92 Å². The number of rotatable bonds is 8. The van der Waals surface area contributed by atoms with Crippen molar-refractivity contribution in [1.29, 1.82) is 0 Å². The molecule has 8 heteroatoms. The van der Waals surface area contributed by atoms with Gasteiger partial charge in [-0.25, -0.2) is 8.42 Å². The van der Waals surface area contributed by atoms with Crippen molar-refractivity contribution in [3.8, 4) is 11.5 Å². The number of carbonyl (C=O) groups is 1. The van der Waals surface area contributed by atoms with Crippen LogP contribution in [0.5, 0.6) is 11.5 Å². The Bertz CT molecular complexity index is 1180. The van der Waals surface area contributed by atoms with Crippen molar-refractivity contribution in [1.82, 2.24) is 5.32 Å². The molecule has 0 saturated heterocycles. The molecule has 2 N–H and O–H groups in total. The van der Waals surface area contributed by atoms with Gasteiger partial charge in [-0.1, -0.05) is 24.3 Å². The molecular formula is C23H24N2O5S. The van der Waals surface area contributed by atoms with E-state index in [2.05, 4.69) is 10.0 Å². The maximum Gasteiger partial charge on any atom is 0.261 e. The van der Waals surface area contributed by atoms with Gasteiger partial charge in [0.05, 0.1) is 24.8 Å². The molecule has 3 aromatic rings. The monoisotopic (exact) mass is 440 g/mol. The summed E-state index contributed by atoms with van der Waals surface area (Å²) in [5.41, 5.74) is 2.34. The second kappa shape index (κ2) is 9.53. The average molecular weight is 441 g/mol. The van der Waals surface area contributed by atoms with Crippen LogP contribution < -0.4 is 19.5 Å². The molecule has 7 nitrogen and oxygen atoms in total. The van der Waals surface area contributed by atoms with Gasteiger partial charge in [0.15, 0.2) is 11.5 Å². The molecule has 0 radical (unpaired) electrons. The van der Waals surface area contributed by atoms with Crippen LogP contribution in [0.1, 0.15) is 21.5 Å². The van der Waals surface area contributed by atoms with E-state index in [4.69, 9.17) is 9.47 Å². The molecule has 162 valence electrons. The van der Waals surface area contributed by atoms with Crippen molar-refractivity contribution in [2.45, 2.75) is 18.4 Å². The minimum atomic E-state index is -3.70. The molecule has 31 heavy (non-hydrogen) atoms. The van der Waals surface area contributed by atoms with E-state index in [1.807, 2.05) is 6.07 Å². The van der Waals surface area contributed by atoms with Crippen LogP contribution in [-0.4, -0.2) is 28.5 Å². The summed E-state index contributed by atoms with van der Waals surface area (Å²) < 4.78 is 38.1. The first kappa shape index (κ1) is 22.2. The smallest absolute Gasteiger partial charge is 0.261 e. The molecule has 0 aromatic heterocycles. The second-order valence-electron chi connectivity index (χ2n) is 6.82. The number of carbonyl (C=O) groups excluding carboxylic acids is 1. The number of benzene rings is 3. The van der Waals surface area contributed by atoms with Crippen molar-refractivity contribution < 1.29 is 22.7 Å². The number of hydrogen-bond donors (Lipinski definition) is 2. The zero-order valence-corrected chi connectivity index (χ0v) is 18.3. The van der Waals surface area contributed by atoms with E-state index in [0.717, 1.165) is 5.56 Å². The largest absolute Gasteiger partial charge is 0.493 e. The van der Waals surface area contributed by atoms with E-state index in [0.29, 0.717) is 34.9 Å². The van der Waals surface area contributed by atoms with E-state index in [-0.39, 0.29) is 10.8 Å². The Morgan fingerprint density at radius 3 is 2.26 bits per heavy atom. The summed E-state index contributed by atoms with van der Waals surface area (Å²) in [6.07, 6.45) is 0. The molecule has 0 aliphatic rings. The summed E-state index contributed by atoms with van der Waals surface area (Å²) in [7, 11) is -0.587. The van der Waals surface area contributed by atoms with Crippen LogP contribution in [-0.2, 0) is 16.6 Å². The Hall–Kier alpha value is -3.52. The topological polar surface area (TPSA) is 93.7 Å². The highest BCUT2D eigenvalue weighted by atomic mass is 32.2. The van der Waals surface area contributed by atoms with Gasteiger partial charge in [-0.05, 0) is 60.5 Å². The van der Waals surface area contributed by atoms with Gasteiger partial charge >= 0.3 is 0 Å². The summed E-state index contributed by atoms with van der Waals surface area (Å²) in [4.78, 5) is 12.7. The molecule has 0 spiro atoms. The first-order valence-corrected chi connectivity index (χ1v) is 11.0. The highest BCUT2D eigenvalue weighted by Gasteiger charge is 2.16. The van der Waals surface area contributed by atoms with Crippen molar-refractivity contribution in [2.24, 2.45) is 0 Å². The molecule has 0 bridgehead atoms. The van der Waals surface area contributed by atoms with Crippen LogP contribution in [0.2, 0.25) is 0 Å². The molecule has 3 aromatic carbocycles. The van der Waals surface area contributed by atoms with Crippen molar-refractivity contribution in [3.63, 3.8) is 0 Å². The third-order valence-corrected chi connectivity index (χ3v) is 6.07. The molecular weight excluding hydrogens is 416 g/mol. The third kappa shape index (κ3) is 5.35. The Kier molecular flexibility index (Phi) is 6.81.